The highest BCUT2D eigenvalue weighted by atomic mass is 16.5. The van der Waals surface area contributed by atoms with Gasteiger partial charge in [0.2, 0.25) is 0 Å². The van der Waals surface area contributed by atoms with Crippen molar-refractivity contribution in [3.63, 3.8) is 0 Å². The van der Waals surface area contributed by atoms with Crippen molar-refractivity contribution in [1.82, 2.24) is 5.32 Å². The Hall–Kier alpha value is -2.12. The van der Waals surface area contributed by atoms with Crippen molar-refractivity contribution in [1.29, 1.82) is 0 Å². The Kier molecular flexibility index (Phi) is 4.77. The highest BCUT2D eigenvalue weighted by Gasteiger charge is 2.47. The molecule has 0 bridgehead atoms. The fourth-order valence-corrected chi connectivity index (χ4v) is 2.07. The van der Waals surface area contributed by atoms with Crippen molar-refractivity contribution >= 4 is 12.1 Å². The van der Waals surface area contributed by atoms with Gasteiger partial charge in [-0.15, -0.1) is 0 Å². The van der Waals surface area contributed by atoms with E-state index in [1.54, 1.807) is 12.1 Å². The molecule has 1 saturated heterocycles. The number of alkyl carbamates (subject to hydrolysis) is 1. The molecule has 0 aromatic heterocycles. The summed E-state index contributed by atoms with van der Waals surface area (Å²) in [6, 6.07) is 8.02. The summed E-state index contributed by atoms with van der Waals surface area (Å²) in [4.78, 5) is 22.9. The number of carbonyl (C=O) groups excluding carboxylic acids is 1. The van der Waals surface area contributed by atoms with Gasteiger partial charge >= 0.3 is 12.1 Å². The summed E-state index contributed by atoms with van der Waals surface area (Å²) < 4.78 is 10.1. The maximum absolute atomic E-state index is 11.7. The molecule has 1 heterocycles. The van der Waals surface area contributed by atoms with Gasteiger partial charge in [0.25, 0.3) is 0 Å². The average molecular weight is 295 g/mol. The molecule has 1 fully saturated rings. The lowest BCUT2D eigenvalue weighted by atomic mass is 9.89. The number of hydrogen-bond donors (Lipinski definition) is 3. The van der Waals surface area contributed by atoms with Gasteiger partial charge in [-0.25, -0.2) is 9.59 Å². The summed E-state index contributed by atoms with van der Waals surface area (Å²) in [5, 5.41) is 21.5. The number of rotatable bonds is 4. The number of amides is 1. The van der Waals surface area contributed by atoms with Crippen LogP contribution < -0.4 is 5.32 Å². The number of nitrogens with one attached hydrogen (secondary N) is 1. The maximum atomic E-state index is 11.7. The predicted octanol–water partition coefficient (Wildman–Crippen LogP) is 0.517. The summed E-state index contributed by atoms with van der Waals surface area (Å²) in [6.07, 6.45) is -0.889. The van der Waals surface area contributed by atoms with Gasteiger partial charge in [-0.3, -0.25) is 0 Å². The van der Waals surface area contributed by atoms with Crippen molar-refractivity contribution in [3.05, 3.63) is 35.9 Å². The first-order chi connectivity index (χ1) is 10.0. The van der Waals surface area contributed by atoms with Gasteiger partial charge in [0, 0.05) is 6.42 Å². The number of aliphatic hydroxyl groups is 1. The number of aliphatic carboxylic acids is 1. The van der Waals surface area contributed by atoms with E-state index in [1.165, 1.54) is 0 Å². The Labute approximate surface area is 121 Å². The Morgan fingerprint density at radius 2 is 2.10 bits per heavy atom. The second kappa shape index (κ2) is 6.55. The first-order valence-corrected chi connectivity index (χ1v) is 6.53. The van der Waals surface area contributed by atoms with E-state index in [0.29, 0.717) is 0 Å². The van der Waals surface area contributed by atoms with Crippen LogP contribution in [-0.2, 0) is 20.9 Å². The first-order valence-electron chi connectivity index (χ1n) is 6.53. The molecule has 0 saturated carbocycles. The Balaban J connectivity index is 1.90. The van der Waals surface area contributed by atoms with Crippen LogP contribution in [0.3, 0.4) is 0 Å². The quantitative estimate of drug-likeness (QED) is 0.748. The Morgan fingerprint density at radius 3 is 2.76 bits per heavy atom. The zero-order chi connectivity index (χ0) is 15.3. The lowest BCUT2D eigenvalue weighted by molar-refractivity contribution is -0.172. The number of carbonyl (C=O) groups is 2. The second-order valence-electron chi connectivity index (χ2n) is 4.81. The molecule has 2 atom stereocenters. The van der Waals surface area contributed by atoms with Gasteiger partial charge in [-0.1, -0.05) is 30.3 Å². The molecule has 0 radical (unpaired) electrons. The van der Waals surface area contributed by atoms with Crippen LogP contribution in [-0.4, -0.2) is 47.1 Å². The van der Waals surface area contributed by atoms with Crippen LogP contribution in [0.1, 0.15) is 12.0 Å². The number of carboxylic acid groups (broad SMARTS) is 1. The molecule has 114 valence electrons. The number of carboxylic acids is 1. The number of ether oxygens (including phenoxy) is 2. The highest BCUT2D eigenvalue weighted by Crippen LogP contribution is 2.21. The Morgan fingerprint density at radius 1 is 1.38 bits per heavy atom. The van der Waals surface area contributed by atoms with Gasteiger partial charge in [-0.2, -0.15) is 0 Å². The third-order valence-corrected chi connectivity index (χ3v) is 3.36. The van der Waals surface area contributed by atoms with E-state index >= 15 is 0 Å². The van der Waals surface area contributed by atoms with Crippen molar-refractivity contribution in [2.24, 2.45) is 0 Å². The van der Waals surface area contributed by atoms with E-state index in [0.717, 1.165) is 5.56 Å². The topological polar surface area (TPSA) is 105 Å². The highest BCUT2D eigenvalue weighted by molar-refractivity contribution is 5.80. The molecule has 3 N–H and O–H groups in total. The predicted molar refractivity (Wildman–Crippen MR) is 71.6 cm³/mol. The van der Waals surface area contributed by atoms with Gasteiger partial charge in [0.15, 0.2) is 5.60 Å². The molecule has 0 spiro atoms. The van der Waals surface area contributed by atoms with Gasteiger partial charge in [-0.05, 0) is 5.56 Å². The maximum Gasteiger partial charge on any atom is 0.407 e. The van der Waals surface area contributed by atoms with Crippen LogP contribution >= 0.6 is 0 Å². The van der Waals surface area contributed by atoms with Gasteiger partial charge < -0.3 is 25.0 Å². The van der Waals surface area contributed by atoms with Crippen LogP contribution in [0, 0.1) is 0 Å². The van der Waals surface area contributed by atoms with E-state index in [4.69, 9.17) is 14.6 Å². The van der Waals surface area contributed by atoms with Gasteiger partial charge in [0.1, 0.15) is 6.61 Å². The minimum Gasteiger partial charge on any atom is -0.479 e. The standard InChI is InChI=1S/C14H17NO6/c16-12(17)14(19)6-7-20-9-11(14)15-13(18)21-8-10-4-2-1-3-5-10/h1-5,11,19H,6-9H2,(H,15,18)(H,16,17). The SMILES string of the molecule is O=C(NC1COCCC1(O)C(=O)O)OCc1ccccc1. The molecular formula is C14H17NO6. The molecule has 21 heavy (non-hydrogen) atoms. The fraction of sp³-hybridized carbons (Fsp3) is 0.429. The molecule has 0 aliphatic carbocycles. The van der Waals surface area contributed by atoms with Crippen LogP contribution in [0.2, 0.25) is 0 Å². The molecule has 1 aromatic rings. The third kappa shape index (κ3) is 3.71. The van der Waals surface area contributed by atoms with Crippen molar-refractivity contribution in [2.45, 2.75) is 24.7 Å². The van der Waals surface area contributed by atoms with Crippen LogP contribution in [0.25, 0.3) is 0 Å². The van der Waals surface area contributed by atoms with Gasteiger partial charge in [0.05, 0.1) is 19.3 Å². The molecule has 1 aromatic carbocycles. The smallest absolute Gasteiger partial charge is 0.407 e. The molecule has 7 heteroatoms. The minimum absolute atomic E-state index is 0.0613. The third-order valence-electron chi connectivity index (χ3n) is 3.36. The molecule has 7 nitrogen and oxygen atoms in total. The summed E-state index contributed by atoms with van der Waals surface area (Å²) in [7, 11) is 0. The monoisotopic (exact) mass is 295 g/mol. The minimum atomic E-state index is -2.04. The molecule has 1 amide bonds. The summed E-state index contributed by atoms with van der Waals surface area (Å²) >= 11 is 0. The first kappa shape index (κ1) is 15.3. The number of hydrogen-bond acceptors (Lipinski definition) is 5. The Bertz CT molecular complexity index is 505. The summed E-state index contributed by atoms with van der Waals surface area (Å²) in [6.45, 7) is 0.106. The second-order valence-corrected chi connectivity index (χ2v) is 4.81. The van der Waals surface area contributed by atoms with Crippen LogP contribution in [0.4, 0.5) is 4.79 Å². The zero-order valence-electron chi connectivity index (χ0n) is 11.3. The zero-order valence-corrected chi connectivity index (χ0v) is 11.3. The van der Waals surface area contributed by atoms with Crippen LogP contribution in [0.5, 0.6) is 0 Å². The fourth-order valence-electron chi connectivity index (χ4n) is 2.07. The molecule has 2 unspecified atom stereocenters. The lowest BCUT2D eigenvalue weighted by Crippen LogP contribution is -2.62. The number of benzene rings is 1. The van der Waals surface area contributed by atoms with E-state index in [1.807, 2.05) is 18.2 Å². The van der Waals surface area contributed by atoms with E-state index in [9.17, 15) is 14.7 Å². The van der Waals surface area contributed by atoms with E-state index in [-0.39, 0.29) is 26.2 Å². The van der Waals surface area contributed by atoms with E-state index < -0.39 is 23.7 Å². The summed E-state index contributed by atoms with van der Waals surface area (Å²) in [5.74, 6) is -1.39. The largest absolute Gasteiger partial charge is 0.479 e. The molecular weight excluding hydrogens is 278 g/mol. The van der Waals surface area contributed by atoms with Crippen LogP contribution in [0.15, 0.2) is 30.3 Å². The average Bonchev–Trinajstić information content (AvgIpc) is 2.48. The molecule has 1 aliphatic heterocycles. The normalized spacial score (nSPS) is 25.1. The van der Waals surface area contributed by atoms with Crippen molar-refractivity contribution in [3.8, 4) is 0 Å². The van der Waals surface area contributed by atoms with Crippen molar-refractivity contribution in [2.75, 3.05) is 13.2 Å². The lowest BCUT2D eigenvalue weighted by Gasteiger charge is -2.36. The molecule has 2 rings (SSSR count). The van der Waals surface area contributed by atoms with E-state index in [2.05, 4.69) is 5.32 Å². The molecule has 1 aliphatic rings. The van der Waals surface area contributed by atoms with Crippen molar-refractivity contribution < 1.29 is 29.3 Å². The summed E-state index contributed by atoms with van der Waals surface area (Å²) in [5.41, 5.74) is -1.23.